The largest absolute Gasteiger partial charge is 0.496 e. The van der Waals surface area contributed by atoms with Crippen LogP contribution in [0.15, 0.2) is 108 Å². The molecular weight excluding hydrogens is 701 g/mol. The maximum atomic E-state index is 13.5. The lowest BCUT2D eigenvalue weighted by atomic mass is 9.64. The summed E-state index contributed by atoms with van der Waals surface area (Å²) in [5, 5.41) is 0. The molecule has 2 saturated heterocycles. The molecule has 0 saturated carbocycles. The predicted octanol–water partition coefficient (Wildman–Crippen LogP) is 8.64. The Labute approximate surface area is 334 Å². The van der Waals surface area contributed by atoms with Gasteiger partial charge in [-0.2, -0.15) is 0 Å². The van der Waals surface area contributed by atoms with Crippen molar-refractivity contribution in [2.24, 2.45) is 11.7 Å². The molecule has 6 rings (SSSR count). The monoisotopic (exact) mass is 762 g/mol. The molecule has 4 aromatic rings. The number of carbonyl (C=O) groups is 1. The van der Waals surface area contributed by atoms with E-state index in [2.05, 4.69) is 69.5 Å². The summed E-state index contributed by atoms with van der Waals surface area (Å²) in [7, 11) is 3.49. The average Bonchev–Trinajstić information content (AvgIpc) is 3.70. The van der Waals surface area contributed by atoms with Crippen LogP contribution < -0.4 is 15.2 Å². The molecule has 2 N–H and O–H groups in total. The number of hydrogen-bond acceptors (Lipinski definition) is 7. The summed E-state index contributed by atoms with van der Waals surface area (Å²) in [6, 6.07) is 36.2. The Morgan fingerprint density at radius 2 is 1.33 bits per heavy atom. The lowest BCUT2D eigenvalue weighted by Gasteiger charge is -2.39. The zero-order valence-electron chi connectivity index (χ0n) is 33.3. The van der Waals surface area contributed by atoms with Crippen LogP contribution in [-0.4, -0.2) is 86.4 Å². The van der Waals surface area contributed by atoms with E-state index >= 15 is 0 Å². The normalized spacial score (nSPS) is 17.1. The molecule has 1 amide bonds. The third-order valence-electron chi connectivity index (χ3n) is 12.2. The number of amides is 1. The van der Waals surface area contributed by atoms with Crippen LogP contribution in [0.5, 0.6) is 11.5 Å². The van der Waals surface area contributed by atoms with Gasteiger partial charge in [-0.25, -0.2) is 0 Å². The van der Waals surface area contributed by atoms with Crippen LogP contribution in [0.25, 0.3) is 0 Å². The molecule has 0 unspecified atom stereocenters. The van der Waals surface area contributed by atoms with Gasteiger partial charge < -0.3 is 20.1 Å². The molecule has 2 heterocycles. The maximum Gasteiger partial charge on any atom is 0.232 e. The summed E-state index contributed by atoms with van der Waals surface area (Å²) in [5.41, 5.74) is 10.1. The van der Waals surface area contributed by atoms with Gasteiger partial charge in [-0.05, 0) is 118 Å². The maximum absolute atomic E-state index is 13.5. The van der Waals surface area contributed by atoms with Crippen molar-refractivity contribution in [2.45, 2.75) is 80.8 Å². The molecule has 55 heavy (non-hydrogen) atoms. The fourth-order valence-corrected chi connectivity index (χ4v) is 9.61. The summed E-state index contributed by atoms with van der Waals surface area (Å²) in [6.07, 6.45) is 11.6. The first-order chi connectivity index (χ1) is 27.0. The second-order valence-electron chi connectivity index (χ2n) is 15.4. The Balaban J connectivity index is 0.985. The Morgan fingerprint density at radius 1 is 0.745 bits per heavy atom. The molecular formula is C47H62N4O3S. The number of unbranched alkanes of at least 4 members (excludes halogenated alkanes) is 4. The van der Waals surface area contributed by atoms with E-state index < -0.39 is 5.41 Å². The highest BCUT2D eigenvalue weighted by atomic mass is 32.2. The van der Waals surface area contributed by atoms with Crippen LogP contribution in [-0.2, 0) is 23.3 Å². The van der Waals surface area contributed by atoms with Gasteiger partial charge in [0.25, 0.3) is 0 Å². The minimum absolute atomic E-state index is 0.147. The van der Waals surface area contributed by atoms with E-state index in [0.717, 1.165) is 87.0 Å². The number of primary amides is 1. The number of nitrogens with two attached hydrogens (primary N) is 1. The van der Waals surface area contributed by atoms with E-state index in [1.807, 2.05) is 54.6 Å². The Morgan fingerprint density at radius 3 is 1.91 bits per heavy atom. The van der Waals surface area contributed by atoms with Crippen molar-refractivity contribution in [1.29, 1.82) is 0 Å². The molecule has 0 bridgehead atoms. The molecule has 2 aliphatic heterocycles. The molecule has 7 nitrogen and oxygen atoms in total. The minimum atomic E-state index is -0.820. The number of thioether (sulfide) groups is 1. The van der Waals surface area contributed by atoms with E-state index in [0.29, 0.717) is 6.04 Å². The first-order valence-electron chi connectivity index (χ1n) is 20.4. The highest BCUT2D eigenvalue weighted by Gasteiger charge is 2.49. The van der Waals surface area contributed by atoms with Crippen LogP contribution in [0.4, 0.5) is 0 Å². The Kier molecular flexibility index (Phi) is 15.1. The number of hydrogen-bond donors (Lipinski definition) is 1. The predicted molar refractivity (Wildman–Crippen MR) is 227 cm³/mol. The van der Waals surface area contributed by atoms with Gasteiger partial charge >= 0.3 is 0 Å². The first-order valence-corrected chi connectivity index (χ1v) is 21.6. The molecule has 0 radical (unpaired) electrons. The van der Waals surface area contributed by atoms with Gasteiger partial charge in [-0.15, -0.1) is 11.8 Å². The van der Waals surface area contributed by atoms with Crippen LogP contribution >= 0.6 is 11.8 Å². The highest BCUT2D eigenvalue weighted by molar-refractivity contribution is 7.98. The van der Waals surface area contributed by atoms with Gasteiger partial charge in [0.15, 0.2) is 0 Å². The first kappa shape index (κ1) is 40.8. The molecule has 2 fully saturated rings. The van der Waals surface area contributed by atoms with Gasteiger partial charge in [0, 0.05) is 30.6 Å². The molecule has 2 aliphatic rings. The Hall–Kier alpha value is -3.82. The number of piperidine rings is 1. The lowest BCUT2D eigenvalue weighted by molar-refractivity contribution is -0.123. The molecule has 294 valence electrons. The fraction of sp³-hybridized carbons (Fsp3) is 0.468. The van der Waals surface area contributed by atoms with Gasteiger partial charge in [0.05, 0.1) is 19.8 Å². The zero-order chi connectivity index (χ0) is 38.5. The van der Waals surface area contributed by atoms with Crippen molar-refractivity contribution in [3.8, 4) is 11.5 Å². The van der Waals surface area contributed by atoms with Crippen molar-refractivity contribution >= 4 is 17.7 Å². The number of benzene rings is 4. The molecule has 0 aliphatic carbocycles. The van der Waals surface area contributed by atoms with Gasteiger partial charge in [-0.3, -0.25) is 14.6 Å². The smallest absolute Gasteiger partial charge is 0.232 e. The van der Waals surface area contributed by atoms with Gasteiger partial charge in [0.1, 0.15) is 16.9 Å². The van der Waals surface area contributed by atoms with Crippen LogP contribution in [0.3, 0.4) is 0 Å². The van der Waals surface area contributed by atoms with E-state index in [9.17, 15) is 4.79 Å². The topological polar surface area (TPSA) is 71.3 Å². The second-order valence-corrected chi connectivity index (χ2v) is 16.3. The van der Waals surface area contributed by atoms with Crippen molar-refractivity contribution in [3.05, 3.63) is 125 Å². The minimum Gasteiger partial charge on any atom is -0.496 e. The molecule has 0 aromatic heterocycles. The van der Waals surface area contributed by atoms with Gasteiger partial charge in [-0.1, -0.05) is 98.1 Å². The quantitative estimate of drug-likeness (QED) is 0.0715. The summed E-state index contributed by atoms with van der Waals surface area (Å²) in [5.74, 6) is 1.70. The summed E-state index contributed by atoms with van der Waals surface area (Å²) in [4.78, 5) is 22.7. The zero-order valence-corrected chi connectivity index (χ0v) is 34.2. The molecule has 1 atom stereocenters. The van der Waals surface area contributed by atoms with E-state index in [1.54, 1.807) is 26.0 Å². The second kappa shape index (κ2) is 20.4. The fourth-order valence-electron chi connectivity index (χ4n) is 9.20. The Bertz CT molecular complexity index is 1690. The highest BCUT2D eigenvalue weighted by Crippen LogP contribution is 2.43. The number of likely N-dealkylation sites (tertiary alicyclic amines) is 2. The van der Waals surface area contributed by atoms with Gasteiger partial charge in [0.2, 0.25) is 5.91 Å². The third-order valence-corrected chi connectivity index (χ3v) is 12.9. The molecule has 4 aromatic carbocycles. The van der Waals surface area contributed by atoms with E-state index in [-0.39, 0.29) is 11.8 Å². The lowest BCUT2D eigenvalue weighted by Crippen LogP contribution is -2.49. The van der Waals surface area contributed by atoms with Crippen LogP contribution in [0, 0.1) is 5.92 Å². The molecule has 8 heteroatoms. The number of ether oxygens (including phenoxy) is 2. The van der Waals surface area contributed by atoms with Crippen molar-refractivity contribution in [3.63, 3.8) is 0 Å². The number of carbonyl (C=O) groups excluding carboxylic acids is 1. The SMILES string of the molecule is COc1cccc(OC)c1CN1CCC(N(CCCCCCCN2CC[C@@H](C(C(N)=O)(c3ccccc3)c3ccccc3)C2)Cc2ccc(SC)cc2)CC1. The number of nitrogens with zero attached hydrogens (tertiary/aromatic N) is 3. The van der Waals surface area contributed by atoms with Crippen molar-refractivity contribution in [2.75, 3.05) is 59.7 Å². The standard InChI is InChI=1S/C47H62N4O3S/c1-53-44-20-15-21-45(54-2)43(44)36-50-32-27-41(28-33-50)51(34-37-22-24-42(55-3)25-23-37)30-14-6-4-5-13-29-49-31-26-40(35-49)47(46(48)52,38-16-9-7-10-17-38)39-18-11-8-12-19-39/h7-12,15-25,40-41H,4-6,13-14,26-36H2,1-3H3,(H2,48,52)/t40-/m1/s1. The van der Waals surface area contributed by atoms with Crippen LogP contribution in [0.1, 0.15) is 73.6 Å². The summed E-state index contributed by atoms with van der Waals surface area (Å²) in [6.45, 7) is 8.12. The number of methoxy groups -OCH3 is 2. The third kappa shape index (κ3) is 10.1. The average molecular weight is 763 g/mol. The summed E-state index contributed by atoms with van der Waals surface area (Å²) < 4.78 is 11.4. The van der Waals surface area contributed by atoms with E-state index in [1.165, 1.54) is 55.4 Å². The van der Waals surface area contributed by atoms with Crippen molar-refractivity contribution < 1.29 is 14.3 Å². The number of rotatable bonds is 20. The molecule has 0 spiro atoms. The van der Waals surface area contributed by atoms with Crippen molar-refractivity contribution in [1.82, 2.24) is 14.7 Å². The summed E-state index contributed by atoms with van der Waals surface area (Å²) >= 11 is 1.80. The van der Waals surface area contributed by atoms with E-state index in [4.69, 9.17) is 15.2 Å². The van der Waals surface area contributed by atoms with Crippen LogP contribution in [0.2, 0.25) is 0 Å².